The summed E-state index contributed by atoms with van der Waals surface area (Å²) in [6, 6.07) is 13.3. The fraction of sp³-hybridized carbons (Fsp3) is 0.500. The van der Waals surface area contributed by atoms with Crippen molar-refractivity contribution in [3.8, 4) is 5.75 Å². The van der Waals surface area contributed by atoms with Crippen LogP contribution in [0.4, 0.5) is 28.9 Å². The van der Waals surface area contributed by atoms with Crippen LogP contribution in [0.15, 0.2) is 53.6 Å². The second-order valence-corrected chi connectivity index (χ2v) is 8.37. The number of piperidine rings is 1. The number of hydrazone groups is 1. The Morgan fingerprint density at radius 2 is 1.65 bits per heavy atom. The topological polar surface area (TPSA) is 28.1 Å². The van der Waals surface area contributed by atoms with Crippen molar-refractivity contribution in [1.29, 1.82) is 0 Å². The van der Waals surface area contributed by atoms with Crippen LogP contribution in [0.5, 0.6) is 5.75 Å². The van der Waals surface area contributed by atoms with Crippen LogP contribution in [-0.2, 0) is 0 Å². The Balaban J connectivity index is 0.00000158. The highest BCUT2D eigenvalue weighted by Gasteiger charge is 2.47. The lowest BCUT2D eigenvalue weighted by atomic mass is 9.95. The largest absolute Gasteiger partial charge is 0.490 e. The van der Waals surface area contributed by atoms with E-state index < -0.39 is 17.8 Å². The first-order valence-electron chi connectivity index (χ1n) is 12.0. The van der Waals surface area contributed by atoms with Crippen molar-refractivity contribution in [2.75, 3.05) is 23.0 Å². The first-order valence-corrected chi connectivity index (χ1v) is 12.0. The van der Waals surface area contributed by atoms with Crippen molar-refractivity contribution in [3.63, 3.8) is 0 Å². The molecule has 0 aromatic heterocycles. The molecule has 1 unspecified atom stereocenters. The highest BCUT2D eigenvalue weighted by molar-refractivity contribution is 5.95. The average Bonchev–Trinajstić information content (AvgIpc) is 3.18. The SMILES string of the molecule is CC.CC[C@H]1C(C)C(C(F)(F)F)=NN1c1ccc(OC2CCN(c3cccc(F)c3)CC2)cc1. The zero-order chi connectivity index (χ0) is 24.9. The maximum absolute atomic E-state index is 13.5. The number of hydrogen-bond acceptors (Lipinski definition) is 4. The Bertz CT molecular complexity index is 953. The van der Waals surface area contributed by atoms with Crippen LogP contribution in [0.25, 0.3) is 0 Å². The molecule has 1 saturated heterocycles. The molecule has 8 heteroatoms. The Morgan fingerprint density at radius 1 is 1.00 bits per heavy atom. The third-order valence-corrected chi connectivity index (χ3v) is 6.27. The molecular weight excluding hydrogens is 446 g/mol. The van der Waals surface area contributed by atoms with Crippen molar-refractivity contribution >= 4 is 17.1 Å². The van der Waals surface area contributed by atoms with Gasteiger partial charge in [0, 0.05) is 37.5 Å². The minimum absolute atomic E-state index is 0.0377. The normalized spacial score (nSPS) is 21.1. The minimum atomic E-state index is -4.43. The van der Waals surface area contributed by atoms with Crippen molar-refractivity contribution in [2.24, 2.45) is 11.0 Å². The number of ether oxygens (including phenoxy) is 1. The number of rotatable bonds is 5. The monoisotopic (exact) mass is 479 g/mol. The van der Waals surface area contributed by atoms with E-state index in [0.717, 1.165) is 31.6 Å². The van der Waals surface area contributed by atoms with E-state index in [2.05, 4.69) is 10.0 Å². The van der Waals surface area contributed by atoms with Crippen LogP contribution < -0.4 is 14.6 Å². The summed E-state index contributed by atoms with van der Waals surface area (Å²) < 4.78 is 59.4. The second-order valence-electron chi connectivity index (χ2n) is 8.37. The van der Waals surface area contributed by atoms with Crippen LogP contribution >= 0.6 is 0 Å². The fourth-order valence-electron chi connectivity index (χ4n) is 4.54. The summed E-state index contributed by atoms with van der Waals surface area (Å²) in [6.45, 7) is 8.99. The van der Waals surface area contributed by atoms with Crippen LogP contribution in [-0.4, -0.2) is 37.1 Å². The molecule has 186 valence electrons. The van der Waals surface area contributed by atoms with Gasteiger partial charge in [0.05, 0.1) is 11.7 Å². The molecule has 2 heterocycles. The Morgan fingerprint density at radius 3 is 2.21 bits per heavy atom. The average molecular weight is 480 g/mol. The lowest BCUT2D eigenvalue weighted by molar-refractivity contribution is -0.0620. The summed E-state index contributed by atoms with van der Waals surface area (Å²) in [5, 5.41) is 5.38. The molecule has 1 fully saturated rings. The van der Waals surface area contributed by atoms with E-state index in [-0.39, 0.29) is 18.0 Å². The van der Waals surface area contributed by atoms with Crippen LogP contribution in [0, 0.1) is 11.7 Å². The van der Waals surface area contributed by atoms with Crippen molar-refractivity contribution < 1.29 is 22.3 Å². The van der Waals surface area contributed by atoms with E-state index in [1.807, 2.05) is 26.8 Å². The lowest BCUT2D eigenvalue weighted by Gasteiger charge is -2.33. The smallest absolute Gasteiger partial charge is 0.431 e. The second kappa shape index (κ2) is 11.1. The van der Waals surface area contributed by atoms with E-state index >= 15 is 0 Å². The molecule has 4 rings (SSSR count). The van der Waals surface area contributed by atoms with Gasteiger partial charge in [-0.05, 0) is 48.9 Å². The maximum atomic E-state index is 13.5. The Kier molecular flexibility index (Phi) is 8.44. The number of anilines is 2. The zero-order valence-corrected chi connectivity index (χ0v) is 20.1. The van der Waals surface area contributed by atoms with Crippen molar-refractivity contribution in [1.82, 2.24) is 0 Å². The van der Waals surface area contributed by atoms with Crippen molar-refractivity contribution in [3.05, 3.63) is 54.3 Å². The third kappa shape index (κ3) is 5.83. The van der Waals surface area contributed by atoms with Crippen LogP contribution in [0.3, 0.4) is 0 Å². The predicted octanol–water partition coefficient (Wildman–Crippen LogP) is 7.05. The van der Waals surface area contributed by atoms with Gasteiger partial charge in [-0.25, -0.2) is 4.39 Å². The molecule has 0 amide bonds. The molecule has 34 heavy (non-hydrogen) atoms. The molecule has 0 spiro atoms. The maximum Gasteiger partial charge on any atom is 0.431 e. The van der Waals surface area contributed by atoms with Gasteiger partial charge in [-0.2, -0.15) is 18.3 Å². The molecule has 2 aliphatic heterocycles. The van der Waals surface area contributed by atoms with E-state index in [4.69, 9.17) is 4.74 Å². The molecule has 0 bridgehead atoms. The highest BCUT2D eigenvalue weighted by Crippen LogP contribution is 2.36. The number of hydrogen-bond donors (Lipinski definition) is 0. The van der Waals surface area contributed by atoms with Crippen molar-refractivity contribution in [2.45, 2.75) is 65.3 Å². The first kappa shape index (κ1) is 25.8. The summed E-state index contributed by atoms with van der Waals surface area (Å²) in [5.74, 6) is -0.247. The summed E-state index contributed by atoms with van der Waals surface area (Å²) in [6.07, 6.45) is -2.22. The van der Waals surface area contributed by atoms with Crippen LogP contribution in [0.2, 0.25) is 0 Å². The van der Waals surface area contributed by atoms with Gasteiger partial charge in [-0.3, -0.25) is 5.01 Å². The predicted molar refractivity (Wildman–Crippen MR) is 129 cm³/mol. The molecule has 2 atom stereocenters. The van der Waals surface area contributed by atoms with E-state index in [0.29, 0.717) is 17.9 Å². The third-order valence-electron chi connectivity index (χ3n) is 6.27. The Labute approximate surface area is 199 Å². The summed E-state index contributed by atoms with van der Waals surface area (Å²) in [7, 11) is 0. The molecule has 0 aliphatic carbocycles. The standard InChI is InChI=1S/C24H27F4N3O.C2H6/c1-3-22-16(2)23(24(26,27)28)29-31(22)18-7-9-20(10-8-18)32-21-11-13-30(14-12-21)19-6-4-5-17(25)15-19;1-2/h4-10,15-16,21-22H,3,11-14H2,1-2H3;1-2H3/t16?,22-;/m0./s1. The van der Waals surface area contributed by atoms with Gasteiger partial charge in [0.1, 0.15) is 23.4 Å². The van der Waals surface area contributed by atoms with Gasteiger partial charge < -0.3 is 9.64 Å². The first-order chi connectivity index (χ1) is 16.3. The summed E-state index contributed by atoms with van der Waals surface area (Å²) in [5.41, 5.74) is 0.767. The van der Waals surface area contributed by atoms with E-state index in [1.165, 1.54) is 17.1 Å². The van der Waals surface area contributed by atoms with Gasteiger partial charge in [-0.15, -0.1) is 0 Å². The molecule has 0 saturated carbocycles. The quantitative estimate of drug-likeness (QED) is 0.430. The van der Waals surface area contributed by atoms with Gasteiger partial charge >= 0.3 is 6.18 Å². The molecule has 0 N–H and O–H groups in total. The van der Waals surface area contributed by atoms with Gasteiger partial charge in [-0.1, -0.05) is 33.8 Å². The molecular formula is C26H33F4N3O. The number of alkyl halides is 3. The molecule has 2 aromatic carbocycles. The van der Waals surface area contributed by atoms with Gasteiger partial charge in [0.15, 0.2) is 0 Å². The summed E-state index contributed by atoms with van der Waals surface area (Å²) in [4.78, 5) is 2.14. The zero-order valence-electron chi connectivity index (χ0n) is 20.1. The Hall–Kier alpha value is -2.77. The number of halogens is 4. The molecule has 0 radical (unpaired) electrons. The number of nitrogens with zero attached hydrogens (tertiary/aromatic N) is 3. The lowest BCUT2D eigenvalue weighted by Crippen LogP contribution is -2.38. The highest BCUT2D eigenvalue weighted by atomic mass is 19.4. The van der Waals surface area contributed by atoms with Gasteiger partial charge in [0.2, 0.25) is 0 Å². The minimum Gasteiger partial charge on any atom is -0.490 e. The van der Waals surface area contributed by atoms with Crippen LogP contribution in [0.1, 0.15) is 47.0 Å². The molecule has 2 aliphatic rings. The van der Waals surface area contributed by atoms with Gasteiger partial charge in [0.25, 0.3) is 0 Å². The molecule has 4 nitrogen and oxygen atoms in total. The summed E-state index contributed by atoms with van der Waals surface area (Å²) >= 11 is 0. The fourth-order valence-corrected chi connectivity index (χ4v) is 4.54. The van der Waals surface area contributed by atoms with E-state index in [1.54, 1.807) is 37.3 Å². The number of benzene rings is 2. The van der Waals surface area contributed by atoms with E-state index in [9.17, 15) is 17.6 Å². The molecule has 2 aromatic rings.